The normalized spacial score (nSPS) is 9.78. The molecular weight excluding hydrogens is 274 g/mol. The Morgan fingerprint density at radius 3 is 2.83 bits per heavy atom. The second-order valence-corrected chi connectivity index (χ2v) is 4.65. The molecular formula is C12H6ClNO3S. The summed E-state index contributed by atoms with van der Waals surface area (Å²) in [7, 11) is 0. The Morgan fingerprint density at radius 2 is 2.22 bits per heavy atom. The molecule has 0 aliphatic heterocycles. The Hall–Kier alpha value is -2.03. The van der Waals surface area contributed by atoms with Gasteiger partial charge in [-0.2, -0.15) is 5.26 Å². The molecule has 0 atom stereocenters. The van der Waals surface area contributed by atoms with E-state index in [2.05, 4.69) is 0 Å². The Bertz CT molecular complexity index is 645. The minimum Gasteiger partial charge on any atom is -0.477 e. The van der Waals surface area contributed by atoms with E-state index in [0.717, 1.165) is 11.3 Å². The van der Waals surface area contributed by atoms with Crippen LogP contribution in [0, 0.1) is 11.3 Å². The van der Waals surface area contributed by atoms with Gasteiger partial charge in [-0.1, -0.05) is 11.6 Å². The quantitative estimate of drug-likeness (QED) is 0.928. The van der Waals surface area contributed by atoms with Gasteiger partial charge in [0.25, 0.3) is 0 Å². The van der Waals surface area contributed by atoms with Gasteiger partial charge in [0.15, 0.2) is 0 Å². The van der Waals surface area contributed by atoms with Crippen molar-refractivity contribution in [3.8, 4) is 17.6 Å². The highest BCUT2D eigenvalue weighted by atomic mass is 35.5. The molecule has 4 nitrogen and oxygen atoms in total. The first kappa shape index (κ1) is 12.4. The van der Waals surface area contributed by atoms with E-state index < -0.39 is 5.97 Å². The molecule has 2 aromatic rings. The van der Waals surface area contributed by atoms with Gasteiger partial charge in [0, 0.05) is 22.5 Å². The first-order valence-electron chi connectivity index (χ1n) is 4.79. The van der Waals surface area contributed by atoms with Crippen molar-refractivity contribution in [2.75, 3.05) is 0 Å². The third-order valence-corrected chi connectivity index (χ3v) is 3.21. The van der Waals surface area contributed by atoms with Crippen LogP contribution in [0.25, 0.3) is 0 Å². The van der Waals surface area contributed by atoms with Crippen LogP contribution in [0.2, 0.25) is 5.02 Å². The first-order chi connectivity index (χ1) is 8.60. The molecule has 1 N–H and O–H groups in total. The Balaban J connectivity index is 2.30. The predicted octanol–water partition coefficient (Wildman–Crippen LogP) is 3.76. The van der Waals surface area contributed by atoms with Crippen LogP contribution in [0.4, 0.5) is 0 Å². The number of benzene rings is 1. The third kappa shape index (κ3) is 2.62. The van der Waals surface area contributed by atoms with Gasteiger partial charge in [-0.25, -0.2) is 4.79 Å². The minimum atomic E-state index is -1.01. The monoisotopic (exact) mass is 279 g/mol. The SMILES string of the molecule is N#Cc1ccc(Cl)cc1Oc1csc(C(=O)O)c1. The number of carboxylic acid groups (broad SMARTS) is 1. The van der Waals surface area contributed by atoms with Crippen LogP contribution in [0.1, 0.15) is 15.2 Å². The smallest absolute Gasteiger partial charge is 0.346 e. The number of hydrogen-bond acceptors (Lipinski definition) is 4. The molecule has 90 valence electrons. The molecule has 0 radical (unpaired) electrons. The number of nitrogens with zero attached hydrogens (tertiary/aromatic N) is 1. The molecule has 1 heterocycles. The van der Waals surface area contributed by atoms with Gasteiger partial charge in [0.05, 0.1) is 5.56 Å². The van der Waals surface area contributed by atoms with E-state index in [0.29, 0.717) is 22.1 Å². The lowest BCUT2D eigenvalue weighted by atomic mass is 10.2. The molecule has 1 aromatic carbocycles. The van der Waals surface area contributed by atoms with Crippen LogP contribution in [0.5, 0.6) is 11.5 Å². The summed E-state index contributed by atoms with van der Waals surface area (Å²) in [6.07, 6.45) is 0. The van der Waals surface area contributed by atoms with Crippen molar-refractivity contribution in [3.05, 3.63) is 45.1 Å². The zero-order chi connectivity index (χ0) is 13.1. The average molecular weight is 280 g/mol. The summed E-state index contributed by atoms with van der Waals surface area (Å²) < 4.78 is 5.45. The van der Waals surface area contributed by atoms with Gasteiger partial charge in [-0.05, 0) is 12.1 Å². The van der Waals surface area contributed by atoms with Crippen molar-refractivity contribution in [2.24, 2.45) is 0 Å². The molecule has 6 heteroatoms. The van der Waals surface area contributed by atoms with E-state index in [1.807, 2.05) is 6.07 Å². The van der Waals surface area contributed by atoms with Gasteiger partial charge < -0.3 is 9.84 Å². The summed E-state index contributed by atoms with van der Waals surface area (Å²) in [5.74, 6) is -0.336. The molecule has 18 heavy (non-hydrogen) atoms. The van der Waals surface area contributed by atoms with Gasteiger partial charge in [-0.3, -0.25) is 0 Å². The second-order valence-electron chi connectivity index (χ2n) is 3.31. The molecule has 0 amide bonds. The van der Waals surface area contributed by atoms with Crippen LogP contribution in [-0.4, -0.2) is 11.1 Å². The third-order valence-electron chi connectivity index (χ3n) is 2.08. The topological polar surface area (TPSA) is 70.3 Å². The van der Waals surface area contributed by atoms with Crippen molar-refractivity contribution in [3.63, 3.8) is 0 Å². The standard InChI is InChI=1S/C12H6ClNO3S/c13-8-2-1-7(5-14)10(3-8)17-9-4-11(12(15)16)18-6-9/h1-4,6H,(H,15,16). The van der Waals surface area contributed by atoms with Crippen molar-refractivity contribution >= 4 is 28.9 Å². The number of rotatable bonds is 3. The highest BCUT2D eigenvalue weighted by Gasteiger charge is 2.10. The molecule has 0 fully saturated rings. The Labute approximate surface area is 112 Å². The van der Waals surface area contributed by atoms with E-state index >= 15 is 0 Å². The lowest BCUT2D eigenvalue weighted by Crippen LogP contribution is -1.91. The Morgan fingerprint density at radius 1 is 1.44 bits per heavy atom. The summed E-state index contributed by atoms with van der Waals surface area (Å²) >= 11 is 6.87. The van der Waals surface area contributed by atoms with Gasteiger partial charge in [0.2, 0.25) is 0 Å². The molecule has 0 saturated carbocycles. The first-order valence-corrected chi connectivity index (χ1v) is 6.05. The fourth-order valence-electron chi connectivity index (χ4n) is 1.28. The van der Waals surface area contributed by atoms with Crippen molar-refractivity contribution in [1.82, 2.24) is 0 Å². The predicted molar refractivity (Wildman–Crippen MR) is 67.5 cm³/mol. The van der Waals surface area contributed by atoms with E-state index in [4.69, 9.17) is 26.7 Å². The summed E-state index contributed by atoms with van der Waals surface area (Å²) in [5.41, 5.74) is 0.336. The lowest BCUT2D eigenvalue weighted by Gasteiger charge is -2.05. The van der Waals surface area contributed by atoms with Crippen LogP contribution in [0.3, 0.4) is 0 Å². The number of nitriles is 1. The zero-order valence-electron chi connectivity index (χ0n) is 8.88. The number of aromatic carboxylic acids is 1. The molecule has 0 spiro atoms. The Kier molecular flexibility index (Phi) is 3.51. The highest BCUT2D eigenvalue weighted by Crippen LogP contribution is 2.30. The van der Waals surface area contributed by atoms with Crippen LogP contribution in [0.15, 0.2) is 29.6 Å². The number of hydrogen-bond donors (Lipinski definition) is 1. The summed E-state index contributed by atoms with van der Waals surface area (Å²) in [6.45, 7) is 0. The van der Waals surface area contributed by atoms with E-state index in [9.17, 15) is 4.79 Å². The molecule has 0 unspecified atom stereocenters. The summed E-state index contributed by atoms with van der Waals surface area (Å²) in [6, 6.07) is 8.02. The minimum absolute atomic E-state index is 0.172. The molecule has 0 aliphatic carbocycles. The molecule has 0 aliphatic rings. The van der Waals surface area contributed by atoms with Crippen LogP contribution >= 0.6 is 22.9 Å². The van der Waals surface area contributed by atoms with E-state index in [1.54, 1.807) is 17.5 Å². The zero-order valence-corrected chi connectivity index (χ0v) is 10.5. The van der Waals surface area contributed by atoms with Crippen LogP contribution in [-0.2, 0) is 0 Å². The van der Waals surface area contributed by atoms with Crippen molar-refractivity contribution in [1.29, 1.82) is 5.26 Å². The maximum atomic E-state index is 10.7. The maximum Gasteiger partial charge on any atom is 0.346 e. The highest BCUT2D eigenvalue weighted by molar-refractivity contribution is 7.12. The number of carboxylic acids is 1. The van der Waals surface area contributed by atoms with Crippen molar-refractivity contribution < 1.29 is 14.6 Å². The molecule has 1 aromatic heterocycles. The molecule has 0 saturated heterocycles. The van der Waals surface area contributed by atoms with Gasteiger partial charge in [0.1, 0.15) is 22.4 Å². The number of ether oxygens (including phenoxy) is 1. The second kappa shape index (κ2) is 5.08. The summed E-state index contributed by atoms with van der Waals surface area (Å²) in [5, 5.41) is 19.7. The lowest BCUT2D eigenvalue weighted by molar-refractivity contribution is 0.0702. The fourth-order valence-corrected chi connectivity index (χ4v) is 2.09. The van der Waals surface area contributed by atoms with Crippen molar-refractivity contribution in [2.45, 2.75) is 0 Å². The molecule has 0 bridgehead atoms. The fraction of sp³-hybridized carbons (Fsp3) is 0. The summed E-state index contributed by atoms with van der Waals surface area (Å²) in [4.78, 5) is 10.9. The average Bonchev–Trinajstić information content (AvgIpc) is 2.78. The molecule has 2 rings (SSSR count). The number of thiophene rings is 1. The van der Waals surface area contributed by atoms with E-state index in [1.165, 1.54) is 12.1 Å². The van der Waals surface area contributed by atoms with E-state index in [-0.39, 0.29) is 4.88 Å². The van der Waals surface area contributed by atoms with Gasteiger partial charge in [-0.15, -0.1) is 11.3 Å². The van der Waals surface area contributed by atoms with Crippen LogP contribution < -0.4 is 4.74 Å². The number of carbonyl (C=O) groups is 1. The largest absolute Gasteiger partial charge is 0.477 e. The van der Waals surface area contributed by atoms with Gasteiger partial charge >= 0.3 is 5.97 Å². The maximum absolute atomic E-state index is 10.7. The number of halogens is 1.